The van der Waals surface area contributed by atoms with Crippen LogP contribution in [0, 0.1) is 0 Å². The highest BCUT2D eigenvalue weighted by Crippen LogP contribution is 2.15. The number of likely N-dealkylation sites (tertiary alicyclic amines) is 1. The van der Waals surface area contributed by atoms with Gasteiger partial charge in [0.15, 0.2) is 0 Å². The van der Waals surface area contributed by atoms with Crippen molar-refractivity contribution in [3.05, 3.63) is 29.3 Å². The number of hydrogen-bond acceptors (Lipinski definition) is 2. The van der Waals surface area contributed by atoms with E-state index in [0.717, 1.165) is 5.69 Å². The molecule has 0 atom stereocenters. The number of rotatable bonds is 1. The fourth-order valence-corrected chi connectivity index (χ4v) is 1.54. The Morgan fingerprint density at radius 3 is 2.53 bits per heavy atom. The van der Waals surface area contributed by atoms with Gasteiger partial charge >= 0.3 is 6.03 Å². The maximum atomic E-state index is 11.6. The maximum Gasteiger partial charge on any atom is 0.321 e. The highest BCUT2D eigenvalue weighted by Gasteiger charge is 2.27. The quantitative estimate of drug-likeness (QED) is 0.761. The number of nitrogens with one attached hydrogen (secondary N) is 1. The summed E-state index contributed by atoms with van der Waals surface area (Å²) in [6, 6.07) is 7.01. The van der Waals surface area contributed by atoms with Crippen molar-refractivity contribution in [3.8, 4) is 0 Å². The average Bonchev–Trinajstić information content (AvgIpc) is 2.17. The summed E-state index contributed by atoms with van der Waals surface area (Å²) in [5.74, 6) is 0. The number of carbonyl (C=O) groups is 1. The van der Waals surface area contributed by atoms with E-state index >= 15 is 0 Å². The van der Waals surface area contributed by atoms with Gasteiger partial charge in [0.2, 0.25) is 0 Å². The summed E-state index contributed by atoms with van der Waals surface area (Å²) < 4.78 is 0. The molecule has 3 N–H and O–H groups in total. The standard InChI is InChI=1S/C10H12ClN3O/c11-7-1-3-9(4-2-7)13-10(15)14-5-8(12)6-14/h1-4,8H,5-6,12H2,(H,13,15). The van der Waals surface area contributed by atoms with E-state index < -0.39 is 0 Å². The van der Waals surface area contributed by atoms with Crippen LogP contribution in [-0.4, -0.2) is 30.1 Å². The number of hydrogen-bond donors (Lipinski definition) is 2. The summed E-state index contributed by atoms with van der Waals surface area (Å²) in [6.45, 7) is 1.25. The fraction of sp³-hybridized carbons (Fsp3) is 0.300. The molecule has 1 aliphatic heterocycles. The smallest absolute Gasteiger partial charge is 0.321 e. The second-order valence-electron chi connectivity index (χ2n) is 3.60. The molecule has 0 spiro atoms. The number of nitrogens with zero attached hydrogens (tertiary/aromatic N) is 1. The summed E-state index contributed by atoms with van der Waals surface area (Å²) in [7, 11) is 0. The second-order valence-corrected chi connectivity index (χ2v) is 4.04. The van der Waals surface area contributed by atoms with Crippen LogP contribution in [0.15, 0.2) is 24.3 Å². The number of carbonyl (C=O) groups excluding carboxylic acids is 1. The molecule has 15 heavy (non-hydrogen) atoms. The van der Waals surface area contributed by atoms with E-state index in [1.54, 1.807) is 29.2 Å². The van der Waals surface area contributed by atoms with Gasteiger partial charge in [0.25, 0.3) is 0 Å². The third-order valence-corrected chi connectivity index (χ3v) is 2.54. The van der Waals surface area contributed by atoms with Gasteiger partial charge in [-0.3, -0.25) is 0 Å². The van der Waals surface area contributed by atoms with Gasteiger partial charge in [0, 0.05) is 29.8 Å². The topological polar surface area (TPSA) is 58.4 Å². The molecule has 0 unspecified atom stereocenters. The van der Waals surface area contributed by atoms with Crippen LogP contribution in [0.2, 0.25) is 5.02 Å². The van der Waals surface area contributed by atoms with E-state index in [1.165, 1.54) is 0 Å². The highest BCUT2D eigenvalue weighted by atomic mass is 35.5. The molecule has 80 valence electrons. The van der Waals surface area contributed by atoms with E-state index in [4.69, 9.17) is 17.3 Å². The van der Waals surface area contributed by atoms with Gasteiger partial charge in [-0.1, -0.05) is 11.6 Å². The van der Waals surface area contributed by atoms with Gasteiger partial charge in [0.05, 0.1) is 0 Å². The summed E-state index contributed by atoms with van der Waals surface area (Å²) in [4.78, 5) is 13.2. The number of urea groups is 1. The molecule has 0 aromatic heterocycles. The number of nitrogens with two attached hydrogens (primary N) is 1. The van der Waals surface area contributed by atoms with Gasteiger partial charge in [-0.2, -0.15) is 0 Å². The number of amides is 2. The summed E-state index contributed by atoms with van der Waals surface area (Å²) >= 11 is 5.73. The second kappa shape index (κ2) is 4.08. The van der Waals surface area contributed by atoms with E-state index in [9.17, 15) is 4.79 Å². The van der Waals surface area contributed by atoms with E-state index in [0.29, 0.717) is 18.1 Å². The Hall–Kier alpha value is -1.26. The van der Waals surface area contributed by atoms with Gasteiger partial charge < -0.3 is 16.0 Å². The normalized spacial score (nSPS) is 16.0. The Labute approximate surface area is 93.0 Å². The molecular formula is C10H12ClN3O. The summed E-state index contributed by atoms with van der Waals surface area (Å²) in [6.07, 6.45) is 0. The minimum absolute atomic E-state index is 0.112. The zero-order valence-corrected chi connectivity index (χ0v) is 8.87. The summed E-state index contributed by atoms with van der Waals surface area (Å²) in [5.41, 5.74) is 6.32. The van der Waals surface area contributed by atoms with Crippen LogP contribution < -0.4 is 11.1 Å². The van der Waals surface area contributed by atoms with Gasteiger partial charge in [0.1, 0.15) is 0 Å². The van der Waals surface area contributed by atoms with Crippen molar-refractivity contribution in [2.45, 2.75) is 6.04 Å². The Morgan fingerprint density at radius 1 is 1.40 bits per heavy atom. The minimum Gasteiger partial charge on any atom is -0.325 e. The van der Waals surface area contributed by atoms with Gasteiger partial charge in [-0.05, 0) is 24.3 Å². The van der Waals surface area contributed by atoms with Crippen LogP contribution >= 0.6 is 11.6 Å². The van der Waals surface area contributed by atoms with E-state index in [1.807, 2.05) is 0 Å². The van der Waals surface area contributed by atoms with Gasteiger partial charge in [-0.25, -0.2) is 4.79 Å². The van der Waals surface area contributed by atoms with Crippen LogP contribution in [-0.2, 0) is 0 Å². The molecule has 5 heteroatoms. The number of anilines is 1. The molecule has 2 rings (SSSR count). The SMILES string of the molecule is NC1CN(C(=O)Nc2ccc(Cl)cc2)C1. The molecule has 1 aromatic carbocycles. The zero-order valence-electron chi connectivity index (χ0n) is 8.11. The molecule has 0 radical (unpaired) electrons. The number of benzene rings is 1. The van der Waals surface area contributed by atoms with Crippen molar-refractivity contribution >= 4 is 23.3 Å². The lowest BCUT2D eigenvalue weighted by Gasteiger charge is -2.36. The molecule has 2 amide bonds. The number of halogens is 1. The van der Waals surface area contributed by atoms with E-state index in [2.05, 4.69) is 5.32 Å². The largest absolute Gasteiger partial charge is 0.325 e. The average molecular weight is 226 g/mol. The Bertz CT molecular complexity index is 359. The first kappa shape index (κ1) is 10.3. The molecule has 1 aliphatic rings. The van der Waals surface area contributed by atoms with Crippen LogP contribution in [0.1, 0.15) is 0 Å². The van der Waals surface area contributed by atoms with Crippen molar-refractivity contribution in [2.24, 2.45) is 5.73 Å². The molecule has 1 fully saturated rings. The summed E-state index contributed by atoms with van der Waals surface area (Å²) in [5, 5.41) is 3.42. The molecule has 4 nitrogen and oxygen atoms in total. The fourth-order valence-electron chi connectivity index (χ4n) is 1.41. The van der Waals surface area contributed by atoms with E-state index in [-0.39, 0.29) is 12.1 Å². The lowest BCUT2D eigenvalue weighted by atomic mass is 10.1. The first-order chi connectivity index (χ1) is 7.15. The molecule has 1 saturated heterocycles. The molecule has 1 aromatic rings. The van der Waals surface area contributed by atoms with Crippen LogP contribution in [0.4, 0.5) is 10.5 Å². The minimum atomic E-state index is -0.112. The highest BCUT2D eigenvalue weighted by molar-refractivity contribution is 6.30. The van der Waals surface area contributed by atoms with Crippen molar-refractivity contribution in [2.75, 3.05) is 18.4 Å². The van der Waals surface area contributed by atoms with Gasteiger partial charge in [-0.15, -0.1) is 0 Å². The Morgan fingerprint density at radius 2 is 2.00 bits per heavy atom. The predicted molar refractivity (Wildman–Crippen MR) is 60.0 cm³/mol. The first-order valence-corrected chi connectivity index (χ1v) is 5.10. The van der Waals surface area contributed by atoms with Crippen molar-refractivity contribution in [1.29, 1.82) is 0 Å². The molecule has 1 heterocycles. The van der Waals surface area contributed by atoms with Crippen LogP contribution in [0.5, 0.6) is 0 Å². The Balaban J connectivity index is 1.91. The van der Waals surface area contributed by atoms with Crippen molar-refractivity contribution < 1.29 is 4.79 Å². The molecule has 0 saturated carbocycles. The lowest BCUT2D eigenvalue weighted by molar-refractivity contribution is 0.165. The third kappa shape index (κ3) is 2.40. The van der Waals surface area contributed by atoms with Crippen molar-refractivity contribution in [1.82, 2.24) is 4.90 Å². The maximum absolute atomic E-state index is 11.6. The zero-order chi connectivity index (χ0) is 10.8. The molecule has 0 bridgehead atoms. The third-order valence-electron chi connectivity index (χ3n) is 2.29. The Kier molecular flexibility index (Phi) is 2.79. The van der Waals surface area contributed by atoms with Crippen LogP contribution in [0.25, 0.3) is 0 Å². The monoisotopic (exact) mass is 225 g/mol. The van der Waals surface area contributed by atoms with Crippen molar-refractivity contribution in [3.63, 3.8) is 0 Å². The first-order valence-electron chi connectivity index (χ1n) is 4.72. The predicted octanol–water partition coefficient (Wildman–Crippen LogP) is 1.51. The molecule has 0 aliphatic carbocycles. The lowest BCUT2D eigenvalue weighted by Crippen LogP contribution is -2.58. The molecular weight excluding hydrogens is 214 g/mol. The van der Waals surface area contributed by atoms with Crippen LogP contribution in [0.3, 0.4) is 0 Å².